The van der Waals surface area contributed by atoms with Gasteiger partial charge in [0.15, 0.2) is 5.78 Å². The molecule has 4 nitrogen and oxygen atoms in total. The lowest BCUT2D eigenvalue weighted by atomic mass is 9.86. The molecule has 4 heteroatoms. The molecule has 0 N–H and O–H groups in total. The van der Waals surface area contributed by atoms with Gasteiger partial charge in [-0.25, -0.2) is 4.79 Å². The lowest BCUT2D eigenvalue weighted by molar-refractivity contribution is 0.0913. The van der Waals surface area contributed by atoms with Gasteiger partial charge in [-0.2, -0.15) is 0 Å². The third kappa shape index (κ3) is 3.60. The lowest BCUT2D eigenvalue weighted by Crippen LogP contribution is -2.26. The predicted octanol–water partition coefficient (Wildman–Crippen LogP) is 3.62. The first-order valence-electron chi connectivity index (χ1n) is 7.04. The smallest absolute Gasteiger partial charge is 0.417 e. The van der Waals surface area contributed by atoms with Gasteiger partial charge in [0, 0.05) is 29.8 Å². The minimum Gasteiger partial charge on any atom is -0.449 e. The predicted molar refractivity (Wildman–Crippen MR) is 80.6 cm³/mol. The summed E-state index contributed by atoms with van der Waals surface area (Å²) in [5, 5.41) is 0. The van der Waals surface area contributed by atoms with E-state index in [1.807, 2.05) is 49.4 Å². The Hall–Kier alpha value is -2.36. The third-order valence-electron chi connectivity index (χ3n) is 3.47. The van der Waals surface area contributed by atoms with Crippen molar-refractivity contribution in [3.63, 3.8) is 0 Å². The van der Waals surface area contributed by atoms with Crippen LogP contribution in [-0.2, 0) is 4.74 Å². The summed E-state index contributed by atoms with van der Waals surface area (Å²) in [5.41, 5.74) is 0.708. The number of benzene rings is 1. The van der Waals surface area contributed by atoms with E-state index in [0.717, 1.165) is 0 Å². The molecule has 0 fully saturated rings. The minimum atomic E-state index is -0.412. The number of carbonyl (C=O) groups is 2. The Morgan fingerprint density at radius 1 is 1.19 bits per heavy atom. The van der Waals surface area contributed by atoms with Gasteiger partial charge in [-0.15, -0.1) is 0 Å². The molecule has 1 unspecified atom stereocenters. The fraction of sp³-hybridized carbons (Fsp3) is 0.294. The Balaban J connectivity index is 2.01. The molecular formula is C17H19NO3. The summed E-state index contributed by atoms with van der Waals surface area (Å²) in [6, 6.07) is 9.24. The van der Waals surface area contributed by atoms with Crippen molar-refractivity contribution in [3.8, 4) is 0 Å². The summed E-state index contributed by atoms with van der Waals surface area (Å²) in [7, 11) is 0. The zero-order chi connectivity index (χ0) is 15.2. The number of nitrogens with zero attached hydrogens (tertiary/aromatic N) is 1. The molecule has 1 aliphatic rings. The highest BCUT2D eigenvalue weighted by atomic mass is 16.5. The zero-order valence-corrected chi connectivity index (χ0v) is 12.2. The Labute approximate surface area is 124 Å². The quantitative estimate of drug-likeness (QED) is 0.794. The van der Waals surface area contributed by atoms with Gasteiger partial charge < -0.3 is 4.74 Å². The number of allylic oxidation sites excluding steroid dienone is 2. The van der Waals surface area contributed by atoms with Gasteiger partial charge >= 0.3 is 6.09 Å². The molecular weight excluding hydrogens is 266 g/mol. The number of ketones is 1. The molecule has 1 heterocycles. The van der Waals surface area contributed by atoms with E-state index in [0.29, 0.717) is 12.2 Å². The Morgan fingerprint density at radius 3 is 2.38 bits per heavy atom. The molecule has 0 aromatic heterocycles. The first kappa shape index (κ1) is 15.0. The van der Waals surface area contributed by atoms with E-state index in [1.165, 1.54) is 4.90 Å². The summed E-state index contributed by atoms with van der Waals surface area (Å²) in [6.45, 7) is 4.00. The Morgan fingerprint density at radius 2 is 1.81 bits per heavy atom. The van der Waals surface area contributed by atoms with Crippen molar-refractivity contribution >= 4 is 11.9 Å². The van der Waals surface area contributed by atoms with E-state index < -0.39 is 6.09 Å². The fourth-order valence-electron chi connectivity index (χ4n) is 2.19. The Kier molecular flexibility index (Phi) is 4.93. The number of hydrogen-bond donors (Lipinski definition) is 0. The monoisotopic (exact) mass is 285 g/mol. The van der Waals surface area contributed by atoms with Crippen molar-refractivity contribution in [1.82, 2.24) is 4.90 Å². The van der Waals surface area contributed by atoms with Crippen LogP contribution in [0.3, 0.4) is 0 Å². The van der Waals surface area contributed by atoms with Crippen LogP contribution in [-0.4, -0.2) is 23.4 Å². The summed E-state index contributed by atoms with van der Waals surface area (Å²) in [4.78, 5) is 25.3. The molecule has 1 atom stereocenters. The molecule has 0 saturated carbocycles. The second-order valence-corrected chi connectivity index (χ2v) is 4.89. The van der Waals surface area contributed by atoms with Gasteiger partial charge in [-0.1, -0.05) is 49.4 Å². The summed E-state index contributed by atoms with van der Waals surface area (Å²) >= 11 is 0. The molecule has 1 amide bonds. The normalized spacial score (nSPS) is 15.8. The highest BCUT2D eigenvalue weighted by Crippen LogP contribution is 2.23. The molecule has 0 saturated heterocycles. The molecule has 21 heavy (non-hydrogen) atoms. The maximum absolute atomic E-state index is 12.4. The van der Waals surface area contributed by atoms with E-state index >= 15 is 0 Å². The lowest BCUT2D eigenvalue weighted by Gasteiger charge is -2.23. The summed E-state index contributed by atoms with van der Waals surface area (Å²) in [6.07, 6.45) is 6.59. The van der Waals surface area contributed by atoms with Crippen LogP contribution in [0.4, 0.5) is 4.79 Å². The van der Waals surface area contributed by atoms with E-state index in [2.05, 4.69) is 0 Å². The van der Waals surface area contributed by atoms with Gasteiger partial charge in [0.25, 0.3) is 0 Å². The van der Waals surface area contributed by atoms with Crippen molar-refractivity contribution < 1.29 is 14.3 Å². The molecule has 0 radical (unpaired) electrons. The molecule has 1 aromatic rings. The number of carbonyl (C=O) groups excluding carboxylic acids is 2. The molecule has 0 spiro atoms. The van der Waals surface area contributed by atoms with Crippen molar-refractivity contribution in [1.29, 1.82) is 0 Å². The largest absolute Gasteiger partial charge is 0.449 e. The van der Waals surface area contributed by atoms with Gasteiger partial charge in [-0.05, 0) is 6.92 Å². The van der Waals surface area contributed by atoms with Crippen molar-refractivity contribution in [2.24, 2.45) is 11.8 Å². The second-order valence-electron chi connectivity index (χ2n) is 4.89. The van der Waals surface area contributed by atoms with Crippen LogP contribution in [0.5, 0.6) is 0 Å². The average Bonchev–Trinajstić information content (AvgIpc) is 2.54. The van der Waals surface area contributed by atoms with Crippen LogP contribution >= 0.6 is 0 Å². The van der Waals surface area contributed by atoms with E-state index in [9.17, 15) is 9.59 Å². The third-order valence-corrected chi connectivity index (χ3v) is 3.47. The fourth-order valence-corrected chi connectivity index (χ4v) is 2.19. The molecule has 2 rings (SSSR count). The van der Waals surface area contributed by atoms with E-state index in [-0.39, 0.29) is 17.6 Å². The molecule has 0 aliphatic carbocycles. The van der Waals surface area contributed by atoms with Crippen LogP contribution in [0.25, 0.3) is 0 Å². The number of hydrogen-bond acceptors (Lipinski definition) is 3. The van der Waals surface area contributed by atoms with Gasteiger partial charge in [-0.3, -0.25) is 9.69 Å². The number of ether oxygens (including phenoxy) is 1. The SMILES string of the molecule is CCOC(=O)N1C=CC(C(C)C(=O)c2ccccc2)C=C1. The summed E-state index contributed by atoms with van der Waals surface area (Å²) in [5.74, 6) is -0.105. The standard InChI is InChI=1S/C17H19NO3/c1-3-21-17(20)18-11-9-14(10-12-18)13(2)16(19)15-7-5-4-6-8-15/h4-14H,3H2,1-2H3. The van der Waals surface area contributed by atoms with Crippen LogP contribution in [0.2, 0.25) is 0 Å². The maximum Gasteiger partial charge on any atom is 0.417 e. The number of rotatable bonds is 4. The number of amides is 1. The van der Waals surface area contributed by atoms with E-state index in [4.69, 9.17) is 4.74 Å². The van der Waals surface area contributed by atoms with Gasteiger partial charge in [0.2, 0.25) is 0 Å². The highest BCUT2D eigenvalue weighted by molar-refractivity contribution is 5.98. The molecule has 110 valence electrons. The molecule has 1 aromatic carbocycles. The molecule has 1 aliphatic heterocycles. The molecule has 0 bridgehead atoms. The van der Waals surface area contributed by atoms with Crippen molar-refractivity contribution in [2.45, 2.75) is 13.8 Å². The zero-order valence-electron chi connectivity index (χ0n) is 12.2. The van der Waals surface area contributed by atoms with Crippen LogP contribution in [0, 0.1) is 11.8 Å². The van der Waals surface area contributed by atoms with Gasteiger partial charge in [0.05, 0.1) is 6.61 Å². The second kappa shape index (κ2) is 6.88. The first-order chi connectivity index (χ1) is 10.1. The van der Waals surface area contributed by atoms with Crippen molar-refractivity contribution in [3.05, 3.63) is 60.4 Å². The average molecular weight is 285 g/mol. The Bertz CT molecular complexity index is 549. The summed E-state index contributed by atoms with van der Waals surface area (Å²) < 4.78 is 4.91. The first-order valence-corrected chi connectivity index (χ1v) is 7.04. The van der Waals surface area contributed by atoms with Crippen LogP contribution in [0.15, 0.2) is 54.9 Å². The number of Topliss-reactive ketones (excluding diaryl/α,β-unsaturated/α-hetero) is 1. The van der Waals surface area contributed by atoms with E-state index in [1.54, 1.807) is 19.3 Å². The minimum absolute atomic E-state index is 0.0246. The van der Waals surface area contributed by atoms with Gasteiger partial charge in [0.1, 0.15) is 0 Å². The topological polar surface area (TPSA) is 46.6 Å². The van der Waals surface area contributed by atoms with Crippen molar-refractivity contribution in [2.75, 3.05) is 6.61 Å². The highest BCUT2D eigenvalue weighted by Gasteiger charge is 2.24. The van der Waals surface area contributed by atoms with Crippen LogP contribution in [0.1, 0.15) is 24.2 Å². The van der Waals surface area contributed by atoms with Crippen LogP contribution < -0.4 is 0 Å². The maximum atomic E-state index is 12.4.